The van der Waals surface area contributed by atoms with Crippen LogP contribution >= 0.6 is 0 Å². The fraction of sp³-hybridized carbons (Fsp3) is 0.154. The van der Waals surface area contributed by atoms with Crippen LogP contribution in [0, 0.1) is 0 Å². The number of pyridine rings is 1. The number of anilines is 3. The lowest BCUT2D eigenvalue weighted by molar-refractivity contribution is 0.415. The third kappa shape index (κ3) is 2.36. The molecule has 3 N–H and O–H groups in total. The molecule has 1 aromatic carbocycles. The molecule has 0 spiro atoms. The van der Waals surface area contributed by atoms with Gasteiger partial charge in [-0.3, -0.25) is 0 Å². The molecule has 0 fully saturated rings. The quantitative estimate of drug-likeness (QED) is 0.637. The van der Waals surface area contributed by atoms with Crippen LogP contribution in [0.15, 0.2) is 42.6 Å². The van der Waals surface area contributed by atoms with Gasteiger partial charge in [0.2, 0.25) is 0 Å². The first-order valence-electron chi connectivity index (χ1n) is 5.55. The fourth-order valence-corrected chi connectivity index (χ4v) is 1.75. The first-order valence-corrected chi connectivity index (χ1v) is 5.55. The number of nitrogens with zero attached hydrogens (tertiary/aromatic N) is 2. The van der Waals surface area contributed by atoms with Gasteiger partial charge in [0.05, 0.1) is 12.8 Å². The van der Waals surface area contributed by atoms with Crippen molar-refractivity contribution >= 4 is 17.2 Å². The van der Waals surface area contributed by atoms with Gasteiger partial charge < -0.3 is 15.1 Å². The Hall–Kier alpha value is -2.27. The summed E-state index contributed by atoms with van der Waals surface area (Å²) in [7, 11) is 3.62. The van der Waals surface area contributed by atoms with Gasteiger partial charge in [-0.15, -0.1) is 0 Å². The van der Waals surface area contributed by atoms with Crippen LogP contribution in [-0.2, 0) is 0 Å². The summed E-state index contributed by atoms with van der Waals surface area (Å²) in [6.45, 7) is 0. The lowest BCUT2D eigenvalue weighted by atomic mass is 10.2. The van der Waals surface area contributed by atoms with Crippen LogP contribution in [0.4, 0.5) is 17.2 Å². The molecule has 0 atom stereocenters. The highest BCUT2D eigenvalue weighted by Gasteiger charge is 2.09. The maximum Gasteiger partial charge on any atom is 0.142 e. The summed E-state index contributed by atoms with van der Waals surface area (Å²) < 4.78 is 5.35. The first kappa shape index (κ1) is 12.2. The van der Waals surface area contributed by atoms with Crippen LogP contribution in [0.25, 0.3) is 0 Å². The number of nitrogens with one attached hydrogen (secondary N) is 1. The van der Waals surface area contributed by atoms with E-state index in [-0.39, 0.29) is 0 Å². The van der Waals surface area contributed by atoms with Gasteiger partial charge in [-0.1, -0.05) is 12.1 Å². The van der Waals surface area contributed by atoms with Crippen LogP contribution < -0.4 is 20.9 Å². The summed E-state index contributed by atoms with van der Waals surface area (Å²) in [6, 6.07) is 11.6. The average Bonchev–Trinajstić information content (AvgIpc) is 2.46. The molecule has 1 aromatic heterocycles. The highest BCUT2D eigenvalue weighted by Crippen LogP contribution is 2.32. The molecular formula is C13H16N4O. The SMILES string of the molecule is COc1ccccc1N(C)c1ccnc(NN)c1. The zero-order valence-corrected chi connectivity index (χ0v) is 10.4. The number of aromatic nitrogens is 1. The third-order valence-electron chi connectivity index (χ3n) is 2.73. The van der Waals surface area contributed by atoms with Crippen LogP contribution in [-0.4, -0.2) is 19.1 Å². The molecule has 0 radical (unpaired) electrons. The van der Waals surface area contributed by atoms with Crippen molar-refractivity contribution in [3.05, 3.63) is 42.6 Å². The van der Waals surface area contributed by atoms with Gasteiger partial charge in [0.15, 0.2) is 0 Å². The lowest BCUT2D eigenvalue weighted by Gasteiger charge is -2.22. The summed E-state index contributed by atoms with van der Waals surface area (Å²) >= 11 is 0. The van der Waals surface area contributed by atoms with Crippen molar-refractivity contribution in [1.82, 2.24) is 4.98 Å². The Morgan fingerprint density at radius 2 is 2.06 bits per heavy atom. The molecule has 94 valence electrons. The Morgan fingerprint density at radius 3 is 2.78 bits per heavy atom. The number of benzene rings is 1. The van der Waals surface area contributed by atoms with Crippen LogP contribution in [0.1, 0.15) is 0 Å². The molecule has 0 saturated heterocycles. The predicted octanol–water partition coefficient (Wildman–Crippen LogP) is 2.14. The van der Waals surface area contributed by atoms with E-state index in [4.69, 9.17) is 10.6 Å². The molecule has 0 bridgehead atoms. The summed E-state index contributed by atoms with van der Waals surface area (Å²) in [6.07, 6.45) is 1.70. The summed E-state index contributed by atoms with van der Waals surface area (Å²) in [5.74, 6) is 6.80. The summed E-state index contributed by atoms with van der Waals surface area (Å²) in [4.78, 5) is 6.10. The van der Waals surface area contributed by atoms with Crippen molar-refractivity contribution in [1.29, 1.82) is 0 Å². The second-order valence-electron chi connectivity index (χ2n) is 3.77. The van der Waals surface area contributed by atoms with Crippen LogP contribution in [0.3, 0.4) is 0 Å². The minimum atomic E-state index is 0.620. The molecule has 0 saturated carbocycles. The highest BCUT2D eigenvalue weighted by atomic mass is 16.5. The summed E-state index contributed by atoms with van der Waals surface area (Å²) in [5, 5.41) is 0. The summed E-state index contributed by atoms with van der Waals surface area (Å²) in [5.41, 5.74) is 4.49. The first-order chi connectivity index (χ1) is 8.76. The van der Waals surface area contributed by atoms with Gasteiger partial charge in [0, 0.05) is 25.0 Å². The van der Waals surface area contributed by atoms with Crippen molar-refractivity contribution in [3.8, 4) is 5.75 Å². The van der Waals surface area contributed by atoms with Gasteiger partial charge in [-0.05, 0) is 18.2 Å². The maximum absolute atomic E-state index is 5.36. The average molecular weight is 244 g/mol. The lowest BCUT2D eigenvalue weighted by Crippen LogP contribution is -2.13. The monoisotopic (exact) mass is 244 g/mol. The predicted molar refractivity (Wildman–Crippen MR) is 73.1 cm³/mol. The Bertz CT molecular complexity index is 530. The van der Waals surface area contributed by atoms with E-state index in [1.807, 2.05) is 48.3 Å². The van der Waals surface area contributed by atoms with Crippen LogP contribution in [0.2, 0.25) is 0 Å². The van der Waals surface area contributed by atoms with E-state index in [1.54, 1.807) is 13.3 Å². The van der Waals surface area contributed by atoms with Gasteiger partial charge in [-0.25, -0.2) is 10.8 Å². The van der Waals surface area contributed by atoms with E-state index in [0.717, 1.165) is 17.1 Å². The molecule has 5 nitrogen and oxygen atoms in total. The van der Waals surface area contributed by atoms with Crippen molar-refractivity contribution in [2.45, 2.75) is 0 Å². The van der Waals surface area contributed by atoms with E-state index in [9.17, 15) is 0 Å². The number of nitrogen functional groups attached to an aromatic ring is 1. The second-order valence-corrected chi connectivity index (χ2v) is 3.77. The Morgan fingerprint density at radius 1 is 1.28 bits per heavy atom. The number of methoxy groups -OCH3 is 1. The van der Waals surface area contributed by atoms with Gasteiger partial charge in [0.25, 0.3) is 0 Å². The van der Waals surface area contributed by atoms with E-state index in [1.165, 1.54) is 0 Å². The number of nitrogens with two attached hydrogens (primary N) is 1. The molecule has 2 aromatic rings. The Kier molecular flexibility index (Phi) is 3.64. The molecule has 0 aliphatic carbocycles. The largest absolute Gasteiger partial charge is 0.495 e. The molecule has 5 heteroatoms. The molecule has 2 rings (SSSR count). The normalized spacial score (nSPS) is 9.94. The molecule has 18 heavy (non-hydrogen) atoms. The number of para-hydroxylation sites is 2. The maximum atomic E-state index is 5.36. The minimum Gasteiger partial charge on any atom is -0.495 e. The van der Waals surface area contributed by atoms with Gasteiger partial charge in [-0.2, -0.15) is 0 Å². The Balaban J connectivity index is 2.37. The van der Waals surface area contributed by atoms with Gasteiger partial charge in [0.1, 0.15) is 11.6 Å². The topological polar surface area (TPSA) is 63.4 Å². The van der Waals surface area contributed by atoms with Gasteiger partial charge >= 0.3 is 0 Å². The highest BCUT2D eigenvalue weighted by molar-refractivity contribution is 5.69. The fourth-order valence-electron chi connectivity index (χ4n) is 1.75. The number of hydrogen-bond donors (Lipinski definition) is 2. The van der Waals surface area contributed by atoms with Crippen molar-refractivity contribution in [2.75, 3.05) is 24.5 Å². The molecule has 0 amide bonds. The molecule has 0 unspecified atom stereocenters. The van der Waals surface area contributed by atoms with E-state index in [0.29, 0.717) is 5.82 Å². The standard InChI is InChI=1S/C13H16N4O/c1-17(10-7-8-15-13(9-10)16-14)11-5-3-4-6-12(11)18-2/h3-9H,14H2,1-2H3,(H,15,16). The number of hydrogen-bond acceptors (Lipinski definition) is 5. The number of hydrazine groups is 1. The van der Waals surface area contributed by atoms with Crippen molar-refractivity contribution in [2.24, 2.45) is 5.84 Å². The zero-order valence-electron chi connectivity index (χ0n) is 10.4. The number of ether oxygens (including phenoxy) is 1. The molecule has 0 aliphatic heterocycles. The Labute approximate surface area is 106 Å². The number of rotatable bonds is 4. The molecule has 1 heterocycles. The molecule has 0 aliphatic rings. The van der Waals surface area contributed by atoms with E-state index >= 15 is 0 Å². The second kappa shape index (κ2) is 5.37. The molecular weight excluding hydrogens is 228 g/mol. The third-order valence-corrected chi connectivity index (χ3v) is 2.73. The van der Waals surface area contributed by atoms with E-state index < -0.39 is 0 Å². The minimum absolute atomic E-state index is 0.620. The van der Waals surface area contributed by atoms with Crippen LogP contribution in [0.5, 0.6) is 5.75 Å². The van der Waals surface area contributed by atoms with Crippen molar-refractivity contribution in [3.63, 3.8) is 0 Å². The zero-order chi connectivity index (χ0) is 13.0. The van der Waals surface area contributed by atoms with Crippen molar-refractivity contribution < 1.29 is 4.74 Å². The smallest absolute Gasteiger partial charge is 0.142 e. The van der Waals surface area contributed by atoms with E-state index in [2.05, 4.69) is 10.4 Å².